The van der Waals surface area contributed by atoms with Gasteiger partial charge in [0.2, 0.25) is 5.91 Å². The van der Waals surface area contributed by atoms with Crippen molar-refractivity contribution < 1.29 is 9.18 Å². The Morgan fingerprint density at radius 1 is 1.59 bits per heavy atom. The molecule has 4 heteroatoms. The van der Waals surface area contributed by atoms with E-state index in [-0.39, 0.29) is 16.8 Å². The number of benzene rings is 1. The van der Waals surface area contributed by atoms with E-state index in [9.17, 15) is 9.18 Å². The maximum Gasteiger partial charge on any atom is 0.223 e. The lowest BCUT2D eigenvalue weighted by Gasteiger charge is -2.17. The quantitative estimate of drug-likeness (QED) is 0.759. The predicted octanol–water partition coefficient (Wildman–Crippen LogP) is 3.01. The van der Waals surface area contributed by atoms with Gasteiger partial charge in [-0.05, 0) is 11.6 Å². The van der Waals surface area contributed by atoms with Crippen molar-refractivity contribution in [2.24, 2.45) is 5.92 Å². The zero-order valence-electron chi connectivity index (χ0n) is 9.33. The van der Waals surface area contributed by atoms with E-state index in [1.807, 2.05) is 0 Å². The Labute approximate surface area is 105 Å². The molecule has 1 aliphatic heterocycles. The van der Waals surface area contributed by atoms with E-state index >= 15 is 0 Å². The molecule has 0 spiro atoms. The third-order valence-corrected chi connectivity index (χ3v) is 3.39. The van der Waals surface area contributed by atoms with Gasteiger partial charge in [0, 0.05) is 25.4 Å². The van der Waals surface area contributed by atoms with Crippen LogP contribution in [0.1, 0.15) is 12.0 Å². The molecule has 0 bridgehead atoms. The first-order chi connectivity index (χ1) is 8.11. The van der Waals surface area contributed by atoms with E-state index in [0.29, 0.717) is 25.1 Å². The van der Waals surface area contributed by atoms with Gasteiger partial charge in [0.25, 0.3) is 0 Å². The molecule has 0 aliphatic carbocycles. The molecule has 90 valence electrons. The minimum absolute atomic E-state index is 0.0650. The Balaban J connectivity index is 2.14. The average molecular weight is 254 g/mol. The van der Waals surface area contributed by atoms with Crippen molar-refractivity contribution in [2.45, 2.75) is 13.0 Å². The number of likely N-dealkylation sites (tertiary alicyclic amines) is 1. The fraction of sp³-hybridized carbons (Fsp3) is 0.308. The first kappa shape index (κ1) is 12.1. The van der Waals surface area contributed by atoms with E-state index in [0.717, 1.165) is 0 Å². The van der Waals surface area contributed by atoms with Gasteiger partial charge in [-0.2, -0.15) is 0 Å². The molecule has 0 saturated carbocycles. The van der Waals surface area contributed by atoms with Crippen LogP contribution in [-0.4, -0.2) is 17.4 Å². The molecule has 2 rings (SSSR count). The number of carbonyl (C=O) groups is 1. The maximum atomic E-state index is 13.2. The Morgan fingerprint density at radius 2 is 2.35 bits per heavy atom. The summed E-state index contributed by atoms with van der Waals surface area (Å²) in [4.78, 5) is 13.4. The highest BCUT2D eigenvalue weighted by atomic mass is 35.5. The molecule has 1 aromatic rings. The summed E-state index contributed by atoms with van der Waals surface area (Å²) in [6.45, 7) is 4.68. The largest absolute Gasteiger partial charge is 0.338 e. The molecule has 1 fully saturated rings. The monoisotopic (exact) mass is 253 g/mol. The minimum Gasteiger partial charge on any atom is -0.338 e. The van der Waals surface area contributed by atoms with Crippen molar-refractivity contribution in [1.29, 1.82) is 0 Å². The molecular weight excluding hydrogens is 241 g/mol. The minimum atomic E-state index is -0.448. The van der Waals surface area contributed by atoms with Crippen molar-refractivity contribution in [3.63, 3.8) is 0 Å². The lowest BCUT2D eigenvalue weighted by molar-refractivity contribution is -0.128. The van der Waals surface area contributed by atoms with E-state index in [4.69, 9.17) is 11.6 Å². The van der Waals surface area contributed by atoms with Gasteiger partial charge in [0.05, 0.1) is 5.02 Å². The van der Waals surface area contributed by atoms with Gasteiger partial charge in [-0.25, -0.2) is 4.39 Å². The van der Waals surface area contributed by atoms with Gasteiger partial charge in [0.1, 0.15) is 5.82 Å². The van der Waals surface area contributed by atoms with Crippen LogP contribution in [-0.2, 0) is 11.3 Å². The molecule has 17 heavy (non-hydrogen) atoms. The third kappa shape index (κ3) is 2.50. The first-order valence-electron chi connectivity index (χ1n) is 5.45. The highest BCUT2D eigenvalue weighted by Gasteiger charge is 2.27. The van der Waals surface area contributed by atoms with E-state index in [1.54, 1.807) is 23.1 Å². The van der Waals surface area contributed by atoms with Crippen LogP contribution in [0, 0.1) is 11.7 Å². The lowest BCUT2D eigenvalue weighted by atomic mass is 10.1. The van der Waals surface area contributed by atoms with Crippen LogP contribution >= 0.6 is 11.6 Å². The standard InChI is InChI=1S/C13H13ClFNO/c1-2-9-6-12(17)16(7-9)8-10-4-3-5-11(15)13(10)14/h2-5,9H,1,6-8H2. The van der Waals surface area contributed by atoms with Gasteiger partial charge >= 0.3 is 0 Å². The molecule has 1 amide bonds. The summed E-state index contributed by atoms with van der Waals surface area (Å²) < 4.78 is 13.2. The highest BCUT2D eigenvalue weighted by molar-refractivity contribution is 6.31. The smallest absolute Gasteiger partial charge is 0.223 e. The van der Waals surface area contributed by atoms with Crippen LogP contribution in [0.2, 0.25) is 5.02 Å². The Hall–Kier alpha value is -1.35. The van der Waals surface area contributed by atoms with Gasteiger partial charge in [-0.15, -0.1) is 6.58 Å². The second-order valence-corrected chi connectivity index (χ2v) is 4.57. The SMILES string of the molecule is C=CC1CC(=O)N(Cc2cccc(F)c2Cl)C1. The fourth-order valence-electron chi connectivity index (χ4n) is 1.99. The summed E-state index contributed by atoms with van der Waals surface area (Å²) in [5.74, 6) is -0.193. The summed E-state index contributed by atoms with van der Waals surface area (Å²) in [6.07, 6.45) is 2.27. The summed E-state index contributed by atoms with van der Waals surface area (Å²) in [5, 5.41) is 0.0994. The van der Waals surface area contributed by atoms with Crippen molar-refractivity contribution in [3.05, 3.63) is 47.3 Å². The second kappa shape index (κ2) is 4.88. The second-order valence-electron chi connectivity index (χ2n) is 4.19. The van der Waals surface area contributed by atoms with Gasteiger partial charge in [-0.1, -0.05) is 29.8 Å². The third-order valence-electron chi connectivity index (χ3n) is 2.97. The van der Waals surface area contributed by atoms with E-state index in [1.165, 1.54) is 6.07 Å². The predicted molar refractivity (Wildman–Crippen MR) is 65.1 cm³/mol. The molecule has 1 aliphatic rings. The number of hydrogen-bond acceptors (Lipinski definition) is 1. The topological polar surface area (TPSA) is 20.3 Å². The number of amides is 1. The Kier molecular flexibility index (Phi) is 3.48. The van der Waals surface area contributed by atoms with E-state index < -0.39 is 5.82 Å². The van der Waals surface area contributed by atoms with Crippen molar-refractivity contribution >= 4 is 17.5 Å². The summed E-state index contributed by atoms with van der Waals surface area (Å²) >= 11 is 5.86. The summed E-state index contributed by atoms with van der Waals surface area (Å²) in [5.41, 5.74) is 0.643. The van der Waals surface area contributed by atoms with Gasteiger partial charge in [-0.3, -0.25) is 4.79 Å². The van der Waals surface area contributed by atoms with Crippen molar-refractivity contribution in [2.75, 3.05) is 6.54 Å². The highest BCUT2D eigenvalue weighted by Crippen LogP contribution is 2.25. The normalized spacial score (nSPS) is 19.8. The number of halogens is 2. The van der Waals surface area contributed by atoms with Crippen molar-refractivity contribution in [1.82, 2.24) is 4.90 Å². The van der Waals surface area contributed by atoms with Gasteiger partial charge < -0.3 is 4.90 Å². The molecule has 2 nitrogen and oxygen atoms in total. The average Bonchev–Trinajstić information content (AvgIpc) is 2.66. The van der Waals surface area contributed by atoms with Crippen LogP contribution < -0.4 is 0 Å². The molecule has 0 radical (unpaired) electrons. The van der Waals surface area contributed by atoms with Crippen LogP contribution in [0.4, 0.5) is 4.39 Å². The molecule has 1 atom stereocenters. The van der Waals surface area contributed by atoms with Crippen molar-refractivity contribution in [3.8, 4) is 0 Å². The molecule has 0 N–H and O–H groups in total. The fourth-order valence-corrected chi connectivity index (χ4v) is 2.18. The molecule has 1 saturated heterocycles. The number of rotatable bonds is 3. The summed E-state index contributed by atoms with van der Waals surface area (Å²) in [6, 6.07) is 4.65. The first-order valence-corrected chi connectivity index (χ1v) is 5.83. The van der Waals surface area contributed by atoms with E-state index in [2.05, 4.69) is 6.58 Å². The Morgan fingerprint density at radius 3 is 3.00 bits per heavy atom. The molecule has 1 heterocycles. The van der Waals surface area contributed by atoms with Gasteiger partial charge in [0.15, 0.2) is 0 Å². The number of nitrogens with zero attached hydrogens (tertiary/aromatic N) is 1. The molecule has 1 unspecified atom stereocenters. The lowest BCUT2D eigenvalue weighted by Crippen LogP contribution is -2.24. The zero-order chi connectivity index (χ0) is 12.4. The van der Waals surface area contributed by atoms with Crippen LogP contribution in [0.15, 0.2) is 30.9 Å². The molecule has 0 aromatic heterocycles. The van der Waals surface area contributed by atoms with Crippen LogP contribution in [0.3, 0.4) is 0 Å². The summed E-state index contributed by atoms with van der Waals surface area (Å²) in [7, 11) is 0. The van der Waals surface area contributed by atoms with Crippen LogP contribution in [0.5, 0.6) is 0 Å². The van der Waals surface area contributed by atoms with Crippen LogP contribution in [0.25, 0.3) is 0 Å². The Bertz CT molecular complexity index is 461. The number of carbonyl (C=O) groups excluding carboxylic acids is 1. The maximum absolute atomic E-state index is 13.2. The zero-order valence-corrected chi connectivity index (χ0v) is 10.1. The molecular formula is C13H13ClFNO. The number of hydrogen-bond donors (Lipinski definition) is 0. The molecule has 1 aromatic carbocycles.